The van der Waals surface area contributed by atoms with Crippen LogP contribution in [-0.4, -0.2) is 45.2 Å². The van der Waals surface area contributed by atoms with Crippen LogP contribution in [-0.2, 0) is 6.54 Å². The van der Waals surface area contributed by atoms with Gasteiger partial charge in [0.2, 0.25) is 0 Å². The highest BCUT2D eigenvalue weighted by Gasteiger charge is 2.14. The van der Waals surface area contributed by atoms with Gasteiger partial charge in [0.25, 0.3) is 0 Å². The van der Waals surface area contributed by atoms with E-state index in [9.17, 15) is 0 Å². The van der Waals surface area contributed by atoms with Crippen molar-refractivity contribution in [3.63, 3.8) is 0 Å². The molecule has 1 fully saturated rings. The molecule has 1 saturated heterocycles. The lowest BCUT2D eigenvalue weighted by molar-refractivity contribution is 0.313. The molecule has 0 radical (unpaired) electrons. The summed E-state index contributed by atoms with van der Waals surface area (Å²) in [6.45, 7) is 7.60. The van der Waals surface area contributed by atoms with Crippen LogP contribution >= 0.6 is 0 Å². The highest BCUT2D eigenvalue weighted by Crippen LogP contribution is 2.22. The molecule has 2 aromatic carbocycles. The molecule has 122 valence electrons. The van der Waals surface area contributed by atoms with E-state index >= 15 is 0 Å². The van der Waals surface area contributed by atoms with Crippen LogP contribution in [0.3, 0.4) is 0 Å². The lowest BCUT2D eigenvalue weighted by Gasteiger charge is -2.34. The number of hydrogen-bond donors (Lipinski definition) is 0. The summed E-state index contributed by atoms with van der Waals surface area (Å²) in [7, 11) is 4.35. The van der Waals surface area contributed by atoms with Crippen molar-refractivity contribution in [1.82, 2.24) is 4.90 Å². The van der Waals surface area contributed by atoms with Crippen molar-refractivity contribution in [3.05, 3.63) is 59.7 Å². The van der Waals surface area contributed by atoms with E-state index in [1.54, 1.807) is 0 Å². The summed E-state index contributed by atoms with van der Waals surface area (Å²) in [6, 6.07) is 17.8. The molecule has 3 heteroatoms. The van der Waals surface area contributed by atoms with Gasteiger partial charge in [-0.15, -0.1) is 0 Å². The number of piperazine rings is 1. The predicted octanol–water partition coefficient (Wildman–Crippen LogP) is 3.38. The van der Waals surface area contributed by atoms with Crippen molar-refractivity contribution < 1.29 is 0 Å². The fourth-order valence-corrected chi connectivity index (χ4v) is 3.04. The van der Waals surface area contributed by atoms with Gasteiger partial charge in [0, 0.05) is 51.1 Å². The number of hydrogen-bond acceptors (Lipinski definition) is 3. The van der Waals surface area contributed by atoms with Crippen molar-refractivity contribution in [2.24, 2.45) is 0 Å². The molecule has 0 aromatic heterocycles. The average Bonchev–Trinajstić information content (AvgIpc) is 2.58. The third-order valence-electron chi connectivity index (χ3n) is 4.70. The van der Waals surface area contributed by atoms with Gasteiger partial charge in [-0.25, -0.2) is 0 Å². The topological polar surface area (TPSA) is 9.72 Å². The molecule has 0 aliphatic carbocycles. The van der Waals surface area contributed by atoms with E-state index in [1.807, 2.05) is 0 Å². The second kappa shape index (κ2) is 7.05. The number of rotatable bonds is 4. The summed E-state index contributed by atoms with van der Waals surface area (Å²) in [6.07, 6.45) is 0. The predicted molar refractivity (Wildman–Crippen MR) is 99.4 cm³/mol. The van der Waals surface area contributed by atoms with Crippen LogP contribution in [0.2, 0.25) is 0 Å². The molecule has 1 aliphatic rings. The molecule has 0 unspecified atom stereocenters. The van der Waals surface area contributed by atoms with Gasteiger partial charge < -0.3 is 14.7 Å². The normalized spacial score (nSPS) is 15.7. The molecule has 1 heterocycles. The van der Waals surface area contributed by atoms with Crippen LogP contribution in [0.4, 0.5) is 11.4 Å². The number of aryl methyl sites for hydroxylation is 1. The largest absolute Gasteiger partial charge is 0.370 e. The zero-order chi connectivity index (χ0) is 16.2. The zero-order valence-corrected chi connectivity index (χ0v) is 14.5. The molecule has 0 saturated carbocycles. The Morgan fingerprint density at radius 1 is 0.870 bits per heavy atom. The Morgan fingerprint density at radius 3 is 2.09 bits per heavy atom. The molecule has 3 rings (SSSR count). The average molecular weight is 309 g/mol. The summed E-state index contributed by atoms with van der Waals surface area (Å²) >= 11 is 0. The number of benzene rings is 2. The molecule has 0 bridgehead atoms. The van der Waals surface area contributed by atoms with Crippen molar-refractivity contribution in [1.29, 1.82) is 0 Å². The summed E-state index contributed by atoms with van der Waals surface area (Å²) in [4.78, 5) is 7.17. The van der Waals surface area contributed by atoms with Gasteiger partial charge >= 0.3 is 0 Å². The molecular weight excluding hydrogens is 282 g/mol. The molecule has 0 spiro atoms. The first-order chi connectivity index (χ1) is 11.1. The molecule has 0 N–H and O–H groups in total. The third kappa shape index (κ3) is 4.05. The molecule has 2 aromatic rings. The van der Waals surface area contributed by atoms with Crippen LogP contribution in [0.1, 0.15) is 11.1 Å². The molecular formula is C20H27N3. The van der Waals surface area contributed by atoms with Crippen LogP contribution in [0.25, 0.3) is 0 Å². The van der Waals surface area contributed by atoms with Gasteiger partial charge in [-0.3, -0.25) is 0 Å². The summed E-state index contributed by atoms with van der Waals surface area (Å²) in [5, 5.41) is 0. The number of anilines is 2. The second-order valence-electron chi connectivity index (χ2n) is 6.65. The van der Waals surface area contributed by atoms with E-state index in [0.717, 1.165) is 32.7 Å². The Bertz CT molecular complexity index is 610. The van der Waals surface area contributed by atoms with Gasteiger partial charge in [0.15, 0.2) is 0 Å². The Kier molecular flexibility index (Phi) is 4.87. The minimum absolute atomic E-state index is 0.939. The fraction of sp³-hybridized carbons (Fsp3) is 0.400. The van der Waals surface area contributed by atoms with Crippen molar-refractivity contribution in [2.45, 2.75) is 13.5 Å². The maximum Gasteiger partial charge on any atom is 0.0426 e. The van der Waals surface area contributed by atoms with Crippen molar-refractivity contribution in [3.8, 4) is 0 Å². The summed E-state index contributed by atoms with van der Waals surface area (Å²) in [5.74, 6) is 0. The first-order valence-electron chi connectivity index (χ1n) is 8.42. The van der Waals surface area contributed by atoms with Gasteiger partial charge in [0.05, 0.1) is 0 Å². The molecule has 0 atom stereocenters. The summed E-state index contributed by atoms with van der Waals surface area (Å²) < 4.78 is 0. The highest BCUT2D eigenvalue weighted by atomic mass is 15.2. The monoisotopic (exact) mass is 309 g/mol. The van der Waals surface area contributed by atoms with Crippen LogP contribution in [0.15, 0.2) is 48.5 Å². The quantitative estimate of drug-likeness (QED) is 0.857. The zero-order valence-electron chi connectivity index (χ0n) is 14.5. The van der Waals surface area contributed by atoms with Crippen LogP contribution in [0, 0.1) is 6.92 Å². The maximum atomic E-state index is 2.48. The minimum Gasteiger partial charge on any atom is -0.370 e. The van der Waals surface area contributed by atoms with Gasteiger partial charge in [0.1, 0.15) is 0 Å². The van der Waals surface area contributed by atoms with Gasteiger partial charge in [-0.2, -0.15) is 0 Å². The van der Waals surface area contributed by atoms with Gasteiger partial charge in [-0.1, -0.05) is 29.8 Å². The summed E-state index contributed by atoms with van der Waals surface area (Å²) in [5.41, 5.74) is 5.27. The molecule has 3 nitrogen and oxygen atoms in total. The maximum absolute atomic E-state index is 2.48. The van der Waals surface area contributed by atoms with Crippen LogP contribution < -0.4 is 9.80 Å². The van der Waals surface area contributed by atoms with Crippen LogP contribution in [0.5, 0.6) is 0 Å². The lowest BCUT2D eigenvalue weighted by Crippen LogP contribution is -2.44. The standard InChI is InChI=1S/C20H27N3/c1-17-4-6-18(7-5-17)16-22(3)19-8-10-20(11-9-19)23-14-12-21(2)13-15-23/h4-11H,12-16H2,1-3H3. The van der Waals surface area contributed by atoms with E-state index in [0.29, 0.717) is 0 Å². The Morgan fingerprint density at radius 2 is 1.48 bits per heavy atom. The van der Waals surface area contributed by atoms with Crippen molar-refractivity contribution >= 4 is 11.4 Å². The Hall–Kier alpha value is -2.00. The molecule has 1 aliphatic heterocycles. The van der Waals surface area contributed by atoms with Crippen molar-refractivity contribution in [2.75, 3.05) is 50.1 Å². The third-order valence-corrected chi connectivity index (χ3v) is 4.70. The lowest BCUT2D eigenvalue weighted by atomic mass is 10.1. The van der Waals surface area contributed by atoms with E-state index in [1.165, 1.54) is 22.5 Å². The molecule has 0 amide bonds. The number of likely N-dealkylation sites (N-methyl/N-ethyl adjacent to an activating group) is 1. The van der Waals surface area contributed by atoms with E-state index in [-0.39, 0.29) is 0 Å². The Labute approximate surface area is 140 Å². The first-order valence-corrected chi connectivity index (χ1v) is 8.42. The SMILES string of the molecule is Cc1ccc(CN(C)c2ccc(N3CCN(C)CC3)cc2)cc1. The minimum atomic E-state index is 0.939. The first kappa shape index (κ1) is 15.9. The smallest absolute Gasteiger partial charge is 0.0426 e. The highest BCUT2D eigenvalue weighted by molar-refractivity contribution is 5.56. The van der Waals surface area contributed by atoms with E-state index in [2.05, 4.69) is 84.2 Å². The van der Waals surface area contributed by atoms with E-state index < -0.39 is 0 Å². The number of nitrogens with zero attached hydrogens (tertiary/aromatic N) is 3. The fourth-order valence-electron chi connectivity index (χ4n) is 3.04. The molecule has 23 heavy (non-hydrogen) atoms. The Balaban J connectivity index is 1.63. The van der Waals surface area contributed by atoms with E-state index in [4.69, 9.17) is 0 Å². The second-order valence-corrected chi connectivity index (χ2v) is 6.65. The van der Waals surface area contributed by atoms with Gasteiger partial charge in [-0.05, 0) is 43.8 Å².